The lowest BCUT2D eigenvalue weighted by Gasteiger charge is -2.56. The van der Waals surface area contributed by atoms with Crippen LogP contribution in [0, 0.1) is 23.6 Å². The normalized spacial score (nSPS) is 31.4. The van der Waals surface area contributed by atoms with Crippen molar-refractivity contribution in [2.45, 2.75) is 63.8 Å². The zero-order valence-corrected chi connectivity index (χ0v) is 16.1. The van der Waals surface area contributed by atoms with Crippen LogP contribution < -0.4 is 5.32 Å². The van der Waals surface area contributed by atoms with E-state index < -0.39 is 0 Å². The van der Waals surface area contributed by atoms with Gasteiger partial charge in [0.2, 0.25) is 5.95 Å². The van der Waals surface area contributed by atoms with Gasteiger partial charge >= 0.3 is 0 Å². The van der Waals surface area contributed by atoms with E-state index in [-0.39, 0.29) is 11.2 Å². The molecule has 0 spiro atoms. The standard InChI is InChI=1S/C22H29FN4/c1-2-27-20(22-12-16-9-17(13-22)11-18(10-16)14-22)25-26-21(27)24-8-7-15-3-5-19(23)6-4-15/h3-6,16-18H,2,7-14H2,1H3,(H,24,26). The fourth-order valence-electron chi connectivity index (χ4n) is 6.48. The molecule has 4 saturated carbocycles. The highest BCUT2D eigenvalue weighted by atomic mass is 19.1. The summed E-state index contributed by atoms with van der Waals surface area (Å²) in [6.45, 7) is 3.88. The molecule has 4 fully saturated rings. The van der Waals surface area contributed by atoms with Crippen molar-refractivity contribution in [3.8, 4) is 0 Å². The maximum absolute atomic E-state index is 13.0. The molecule has 2 aromatic rings. The number of halogens is 1. The maximum Gasteiger partial charge on any atom is 0.224 e. The van der Waals surface area contributed by atoms with Gasteiger partial charge in [0.05, 0.1) is 0 Å². The SMILES string of the molecule is CCn1c(NCCc2ccc(F)cc2)nnc1C12CC3CC(CC(C3)C1)C2. The number of anilines is 1. The molecule has 1 heterocycles. The summed E-state index contributed by atoms with van der Waals surface area (Å²) in [6, 6.07) is 6.74. The monoisotopic (exact) mass is 368 g/mol. The van der Waals surface area contributed by atoms with Crippen LogP contribution in [0.5, 0.6) is 0 Å². The van der Waals surface area contributed by atoms with Crippen molar-refractivity contribution in [3.63, 3.8) is 0 Å². The molecule has 6 rings (SSSR count). The van der Waals surface area contributed by atoms with Crippen LogP contribution in [0.2, 0.25) is 0 Å². The predicted octanol–water partition coefficient (Wildman–Crippen LogP) is 4.56. The minimum atomic E-state index is -0.183. The molecule has 4 aliphatic rings. The Morgan fingerprint density at radius 2 is 1.67 bits per heavy atom. The van der Waals surface area contributed by atoms with Crippen molar-refractivity contribution in [2.24, 2.45) is 17.8 Å². The van der Waals surface area contributed by atoms with Gasteiger partial charge in [-0.3, -0.25) is 4.57 Å². The van der Waals surface area contributed by atoms with Gasteiger partial charge in [-0.25, -0.2) is 4.39 Å². The molecule has 4 bridgehead atoms. The average molecular weight is 369 g/mol. The lowest BCUT2D eigenvalue weighted by atomic mass is 9.49. The third-order valence-corrected chi connectivity index (χ3v) is 7.19. The second-order valence-corrected chi connectivity index (χ2v) is 9.09. The molecule has 4 nitrogen and oxygen atoms in total. The average Bonchev–Trinajstić information content (AvgIpc) is 3.06. The van der Waals surface area contributed by atoms with Gasteiger partial charge < -0.3 is 5.32 Å². The Labute approximate surface area is 160 Å². The van der Waals surface area contributed by atoms with Gasteiger partial charge in [-0.15, -0.1) is 10.2 Å². The molecule has 0 saturated heterocycles. The quantitative estimate of drug-likeness (QED) is 0.813. The van der Waals surface area contributed by atoms with Gasteiger partial charge in [0, 0.05) is 18.5 Å². The Morgan fingerprint density at radius 1 is 1.04 bits per heavy atom. The molecule has 0 unspecified atom stereocenters. The van der Waals surface area contributed by atoms with Crippen molar-refractivity contribution in [2.75, 3.05) is 11.9 Å². The maximum atomic E-state index is 13.0. The van der Waals surface area contributed by atoms with E-state index in [1.165, 1.54) is 56.5 Å². The van der Waals surface area contributed by atoms with E-state index in [0.29, 0.717) is 0 Å². The summed E-state index contributed by atoms with van der Waals surface area (Å²) in [5.74, 6) is 4.67. The first-order valence-electron chi connectivity index (χ1n) is 10.6. The highest BCUT2D eigenvalue weighted by Crippen LogP contribution is 2.60. The lowest BCUT2D eigenvalue weighted by Crippen LogP contribution is -2.49. The third kappa shape index (κ3) is 3.05. The summed E-state index contributed by atoms with van der Waals surface area (Å²) < 4.78 is 15.4. The number of aromatic nitrogens is 3. The number of nitrogens with zero attached hydrogens (tertiary/aromatic N) is 3. The number of rotatable bonds is 6. The minimum absolute atomic E-state index is 0.183. The lowest BCUT2D eigenvalue weighted by molar-refractivity contribution is -0.0110. The Balaban J connectivity index is 1.32. The van der Waals surface area contributed by atoms with E-state index in [0.717, 1.165) is 48.8 Å². The zero-order valence-electron chi connectivity index (χ0n) is 16.1. The second kappa shape index (κ2) is 6.61. The van der Waals surface area contributed by atoms with Crippen molar-refractivity contribution >= 4 is 5.95 Å². The summed E-state index contributed by atoms with van der Waals surface area (Å²) in [6.07, 6.45) is 9.13. The van der Waals surface area contributed by atoms with Crippen LogP contribution in [-0.2, 0) is 18.4 Å². The van der Waals surface area contributed by atoms with E-state index in [2.05, 4.69) is 21.9 Å². The van der Waals surface area contributed by atoms with Crippen molar-refractivity contribution in [1.29, 1.82) is 0 Å². The molecule has 0 radical (unpaired) electrons. The third-order valence-electron chi connectivity index (χ3n) is 7.19. The fraction of sp³-hybridized carbons (Fsp3) is 0.636. The second-order valence-electron chi connectivity index (χ2n) is 9.09. The molecular formula is C22H29FN4. The highest BCUT2D eigenvalue weighted by Gasteiger charge is 2.53. The first-order valence-corrected chi connectivity index (χ1v) is 10.6. The van der Waals surface area contributed by atoms with Crippen LogP contribution in [0.15, 0.2) is 24.3 Å². The van der Waals surface area contributed by atoms with Gasteiger partial charge in [0.1, 0.15) is 11.6 Å². The molecule has 1 N–H and O–H groups in total. The van der Waals surface area contributed by atoms with E-state index in [9.17, 15) is 4.39 Å². The van der Waals surface area contributed by atoms with Crippen molar-refractivity contribution < 1.29 is 4.39 Å². The van der Waals surface area contributed by atoms with Crippen LogP contribution in [0.25, 0.3) is 0 Å². The predicted molar refractivity (Wildman–Crippen MR) is 104 cm³/mol. The summed E-state index contributed by atoms with van der Waals surface area (Å²) in [4.78, 5) is 0. The van der Waals surface area contributed by atoms with Gasteiger partial charge in [0.15, 0.2) is 0 Å². The van der Waals surface area contributed by atoms with Crippen LogP contribution in [0.1, 0.15) is 56.8 Å². The molecule has 4 aliphatic carbocycles. The highest BCUT2D eigenvalue weighted by molar-refractivity contribution is 5.31. The van der Waals surface area contributed by atoms with Gasteiger partial charge in [-0.05, 0) is 87.3 Å². The van der Waals surface area contributed by atoms with Crippen LogP contribution in [-0.4, -0.2) is 21.3 Å². The first kappa shape index (κ1) is 17.2. The van der Waals surface area contributed by atoms with Crippen molar-refractivity contribution in [3.05, 3.63) is 41.5 Å². The Kier molecular flexibility index (Phi) is 4.21. The number of hydrogen-bond acceptors (Lipinski definition) is 3. The van der Waals surface area contributed by atoms with Gasteiger partial charge in [-0.1, -0.05) is 12.1 Å². The van der Waals surface area contributed by atoms with E-state index in [1.54, 1.807) is 0 Å². The Hall–Kier alpha value is -1.91. The molecule has 1 aromatic heterocycles. The summed E-state index contributed by atoms with van der Waals surface area (Å²) in [7, 11) is 0. The van der Waals surface area contributed by atoms with Crippen molar-refractivity contribution in [1.82, 2.24) is 14.8 Å². The largest absolute Gasteiger partial charge is 0.354 e. The van der Waals surface area contributed by atoms with E-state index in [4.69, 9.17) is 5.10 Å². The summed E-state index contributed by atoms with van der Waals surface area (Å²) >= 11 is 0. The van der Waals surface area contributed by atoms with E-state index >= 15 is 0 Å². The molecule has 0 aliphatic heterocycles. The van der Waals surface area contributed by atoms with Crippen LogP contribution in [0.3, 0.4) is 0 Å². The zero-order chi connectivity index (χ0) is 18.4. The van der Waals surface area contributed by atoms with Crippen LogP contribution >= 0.6 is 0 Å². The molecule has 0 atom stereocenters. The topological polar surface area (TPSA) is 42.7 Å². The molecular weight excluding hydrogens is 339 g/mol. The molecule has 27 heavy (non-hydrogen) atoms. The van der Waals surface area contributed by atoms with Crippen LogP contribution in [0.4, 0.5) is 10.3 Å². The first-order chi connectivity index (χ1) is 13.1. The molecule has 1 aromatic carbocycles. The van der Waals surface area contributed by atoms with E-state index in [1.807, 2.05) is 12.1 Å². The summed E-state index contributed by atoms with van der Waals surface area (Å²) in [5.41, 5.74) is 1.40. The molecule has 5 heteroatoms. The molecule has 0 amide bonds. The minimum Gasteiger partial charge on any atom is -0.354 e. The van der Waals surface area contributed by atoms with Gasteiger partial charge in [0.25, 0.3) is 0 Å². The number of hydrogen-bond donors (Lipinski definition) is 1. The van der Waals surface area contributed by atoms with Gasteiger partial charge in [-0.2, -0.15) is 0 Å². The Bertz CT molecular complexity index is 775. The number of nitrogens with one attached hydrogen (secondary N) is 1. The fourth-order valence-corrected chi connectivity index (χ4v) is 6.48. The smallest absolute Gasteiger partial charge is 0.224 e. The number of benzene rings is 1. The molecule has 144 valence electrons. The summed E-state index contributed by atoms with van der Waals surface area (Å²) in [5, 5.41) is 12.7. The Morgan fingerprint density at radius 3 is 2.26 bits per heavy atom.